The fourth-order valence-corrected chi connectivity index (χ4v) is 3.01. The first kappa shape index (κ1) is 18.9. The van der Waals surface area contributed by atoms with E-state index in [1.54, 1.807) is 36.4 Å². The minimum atomic E-state index is -0.266. The van der Waals surface area contributed by atoms with Crippen molar-refractivity contribution in [1.29, 1.82) is 0 Å². The summed E-state index contributed by atoms with van der Waals surface area (Å²) >= 11 is 0. The number of benzene rings is 2. The second-order valence-corrected chi connectivity index (χ2v) is 6.35. The molecule has 0 aliphatic carbocycles. The minimum Gasteiger partial charge on any atom is -0.492 e. The third kappa shape index (κ3) is 5.31. The van der Waals surface area contributed by atoms with Crippen molar-refractivity contribution in [2.75, 3.05) is 23.8 Å². The molecule has 2 aromatic carbocycles. The quantitative estimate of drug-likeness (QED) is 0.778. The summed E-state index contributed by atoms with van der Waals surface area (Å²) in [6.07, 6.45) is 2.23. The molecule has 142 valence electrons. The first-order valence-electron chi connectivity index (χ1n) is 9.20. The van der Waals surface area contributed by atoms with Crippen molar-refractivity contribution < 1.29 is 19.1 Å². The standard InChI is InChI=1S/C21H24N2O4/c1-2-26-19-11-4-3-10-18(19)23-21(25)15-7-5-8-16(13-15)22-20(24)14-17-9-6-12-27-17/h3-5,7-8,10-11,13,17H,2,6,9,12,14H2,1H3,(H,22,24)(H,23,25)/t17-/m1/s1. The van der Waals surface area contributed by atoms with Gasteiger partial charge in [-0.25, -0.2) is 0 Å². The van der Waals surface area contributed by atoms with Crippen LogP contribution in [-0.4, -0.2) is 31.1 Å². The lowest BCUT2D eigenvalue weighted by Gasteiger charge is -2.12. The lowest BCUT2D eigenvalue weighted by atomic mass is 10.1. The topological polar surface area (TPSA) is 76.7 Å². The summed E-state index contributed by atoms with van der Waals surface area (Å²) < 4.78 is 11.0. The van der Waals surface area contributed by atoms with Crippen molar-refractivity contribution in [3.8, 4) is 5.75 Å². The Morgan fingerprint density at radius 1 is 1.15 bits per heavy atom. The normalized spacial score (nSPS) is 16.0. The summed E-state index contributed by atoms with van der Waals surface area (Å²) in [4.78, 5) is 24.7. The van der Waals surface area contributed by atoms with Crippen molar-refractivity contribution >= 4 is 23.2 Å². The highest BCUT2D eigenvalue weighted by Crippen LogP contribution is 2.24. The van der Waals surface area contributed by atoms with E-state index >= 15 is 0 Å². The second kappa shape index (κ2) is 9.19. The first-order valence-corrected chi connectivity index (χ1v) is 9.20. The molecule has 6 heteroatoms. The van der Waals surface area contributed by atoms with E-state index in [-0.39, 0.29) is 17.9 Å². The van der Waals surface area contributed by atoms with E-state index in [1.165, 1.54) is 0 Å². The summed E-state index contributed by atoms with van der Waals surface area (Å²) in [5, 5.41) is 5.69. The molecule has 2 amide bonds. The lowest BCUT2D eigenvalue weighted by molar-refractivity contribution is -0.118. The van der Waals surface area contributed by atoms with E-state index in [4.69, 9.17) is 9.47 Å². The van der Waals surface area contributed by atoms with Gasteiger partial charge in [-0.15, -0.1) is 0 Å². The second-order valence-electron chi connectivity index (χ2n) is 6.35. The van der Waals surface area contributed by atoms with Gasteiger partial charge in [-0.3, -0.25) is 9.59 Å². The van der Waals surface area contributed by atoms with E-state index in [0.29, 0.717) is 35.7 Å². The molecule has 0 radical (unpaired) electrons. The maximum atomic E-state index is 12.6. The predicted molar refractivity (Wildman–Crippen MR) is 104 cm³/mol. The third-order valence-electron chi connectivity index (χ3n) is 4.28. The van der Waals surface area contributed by atoms with Crippen LogP contribution in [0.3, 0.4) is 0 Å². The third-order valence-corrected chi connectivity index (χ3v) is 4.28. The molecule has 1 heterocycles. The molecule has 0 spiro atoms. The van der Waals surface area contributed by atoms with E-state index < -0.39 is 0 Å². The minimum absolute atomic E-state index is 0.00783. The van der Waals surface area contributed by atoms with Crippen LogP contribution in [0, 0.1) is 0 Å². The van der Waals surface area contributed by atoms with Gasteiger partial charge in [-0.2, -0.15) is 0 Å². The van der Waals surface area contributed by atoms with Gasteiger partial charge >= 0.3 is 0 Å². The maximum absolute atomic E-state index is 12.6. The summed E-state index contributed by atoms with van der Waals surface area (Å²) in [6, 6.07) is 14.1. The summed E-state index contributed by atoms with van der Waals surface area (Å²) in [5.74, 6) is 0.243. The van der Waals surface area contributed by atoms with Crippen LogP contribution < -0.4 is 15.4 Å². The number of hydrogen-bond acceptors (Lipinski definition) is 4. The molecule has 2 aromatic rings. The molecule has 0 saturated carbocycles. The highest BCUT2D eigenvalue weighted by molar-refractivity contribution is 6.06. The Hall–Kier alpha value is -2.86. The van der Waals surface area contributed by atoms with Gasteiger partial charge in [0.05, 0.1) is 24.8 Å². The fourth-order valence-electron chi connectivity index (χ4n) is 3.01. The molecule has 1 fully saturated rings. The maximum Gasteiger partial charge on any atom is 0.255 e. The lowest BCUT2D eigenvalue weighted by Crippen LogP contribution is -2.19. The van der Waals surface area contributed by atoms with Crippen LogP contribution in [0.4, 0.5) is 11.4 Å². The molecule has 2 N–H and O–H groups in total. The molecular weight excluding hydrogens is 344 g/mol. The molecule has 0 unspecified atom stereocenters. The molecule has 1 aliphatic heterocycles. The average Bonchev–Trinajstić information content (AvgIpc) is 3.16. The number of hydrogen-bond donors (Lipinski definition) is 2. The molecule has 1 saturated heterocycles. The van der Waals surface area contributed by atoms with Gasteiger partial charge in [0.15, 0.2) is 0 Å². The summed E-state index contributed by atoms with van der Waals surface area (Å²) in [6.45, 7) is 3.12. The number of carbonyl (C=O) groups is 2. The molecule has 6 nitrogen and oxygen atoms in total. The summed E-state index contributed by atoms with van der Waals surface area (Å²) in [7, 11) is 0. The van der Waals surface area contributed by atoms with Crippen molar-refractivity contribution in [3.05, 3.63) is 54.1 Å². The monoisotopic (exact) mass is 368 g/mol. The number of para-hydroxylation sites is 2. The molecule has 1 atom stereocenters. The summed E-state index contributed by atoms with van der Waals surface area (Å²) in [5.41, 5.74) is 1.65. The zero-order valence-electron chi connectivity index (χ0n) is 15.4. The predicted octanol–water partition coefficient (Wildman–Crippen LogP) is 3.85. The van der Waals surface area contributed by atoms with Crippen LogP contribution in [0.2, 0.25) is 0 Å². The van der Waals surface area contributed by atoms with E-state index in [2.05, 4.69) is 10.6 Å². The Labute approximate surface area is 158 Å². The Morgan fingerprint density at radius 3 is 2.78 bits per heavy atom. The molecule has 3 rings (SSSR count). The Morgan fingerprint density at radius 2 is 2.00 bits per heavy atom. The zero-order chi connectivity index (χ0) is 19.1. The number of rotatable bonds is 7. The van der Waals surface area contributed by atoms with Crippen LogP contribution in [0.25, 0.3) is 0 Å². The highest BCUT2D eigenvalue weighted by Gasteiger charge is 2.19. The Bertz CT molecular complexity index is 800. The molecule has 27 heavy (non-hydrogen) atoms. The van der Waals surface area contributed by atoms with Crippen molar-refractivity contribution in [2.24, 2.45) is 0 Å². The highest BCUT2D eigenvalue weighted by atomic mass is 16.5. The Balaban J connectivity index is 1.64. The number of anilines is 2. The molecule has 0 aromatic heterocycles. The van der Waals surface area contributed by atoms with E-state index in [1.807, 2.05) is 19.1 Å². The van der Waals surface area contributed by atoms with Crippen LogP contribution in [-0.2, 0) is 9.53 Å². The van der Waals surface area contributed by atoms with Crippen molar-refractivity contribution in [2.45, 2.75) is 32.3 Å². The fraction of sp³-hybridized carbons (Fsp3) is 0.333. The van der Waals surface area contributed by atoms with Crippen molar-refractivity contribution in [3.63, 3.8) is 0 Å². The number of carbonyl (C=O) groups excluding carboxylic acids is 2. The van der Waals surface area contributed by atoms with E-state index in [0.717, 1.165) is 19.4 Å². The van der Waals surface area contributed by atoms with Gasteiger partial charge in [0.25, 0.3) is 5.91 Å². The van der Waals surface area contributed by atoms with Gasteiger partial charge in [-0.05, 0) is 50.1 Å². The first-order chi connectivity index (χ1) is 13.2. The largest absolute Gasteiger partial charge is 0.492 e. The van der Waals surface area contributed by atoms with Crippen LogP contribution >= 0.6 is 0 Å². The van der Waals surface area contributed by atoms with Gasteiger partial charge < -0.3 is 20.1 Å². The van der Waals surface area contributed by atoms with Crippen molar-refractivity contribution in [1.82, 2.24) is 0 Å². The number of nitrogens with one attached hydrogen (secondary N) is 2. The van der Waals surface area contributed by atoms with Crippen LogP contribution in [0.15, 0.2) is 48.5 Å². The molecular formula is C21H24N2O4. The zero-order valence-corrected chi connectivity index (χ0v) is 15.4. The average molecular weight is 368 g/mol. The molecule has 1 aliphatic rings. The van der Waals surface area contributed by atoms with Crippen LogP contribution in [0.5, 0.6) is 5.75 Å². The van der Waals surface area contributed by atoms with Gasteiger partial charge in [0.2, 0.25) is 5.91 Å². The van der Waals surface area contributed by atoms with Gasteiger partial charge in [0, 0.05) is 17.9 Å². The SMILES string of the molecule is CCOc1ccccc1NC(=O)c1cccc(NC(=O)C[C@H]2CCCO2)c1. The van der Waals surface area contributed by atoms with Gasteiger partial charge in [-0.1, -0.05) is 18.2 Å². The number of ether oxygens (including phenoxy) is 2. The van der Waals surface area contributed by atoms with E-state index in [9.17, 15) is 9.59 Å². The van der Waals surface area contributed by atoms with Crippen LogP contribution in [0.1, 0.15) is 36.5 Å². The smallest absolute Gasteiger partial charge is 0.255 e. The number of amides is 2. The molecule has 0 bridgehead atoms. The Kier molecular flexibility index (Phi) is 6.44. The van der Waals surface area contributed by atoms with Gasteiger partial charge in [0.1, 0.15) is 5.75 Å².